The minimum atomic E-state index is -2.52. The highest BCUT2D eigenvalue weighted by Gasteiger charge is 2.43. The van der Waals surface area contributed by atoms with E-state index in [1.165, 1.54) is 18.4 Å². The second-order valence-electron chi connectivity index (χ2n) is 5.87. The van der Waals surface area contributed by atoms with Gasteiger partial charge in [0, 0.05) is 18.4 Å². The van der Waals surface area contributed by atoms with Gasteiger partial charge in [0.2, 0.25) is 5.92 Å². The molecule has 0 atom stereocenters. The van der Waals surface area contributed by atoms with Gasteiger partial charge in [-0.2, -0.15) is 0 Å². The van der Waals surface area contributed by atoms with Crippen LogP contribution in [0.4, 0.5) is 8.78 Å². The van der Waals surface area contributed by atoms with Crippen LogP contribution in [0.15, 0.2) is 24.3 Å². The number of benzene rings is 1. The highest BCUT2D eigenvalue weighted by molar-refractivity contribution is 5.38. The molecular weight excluding hydrogens is 232 g/mol. The Morgan fingerprint density at radius 2 is 1.61 bits per heavy atom. The summed E-state index contributed by atoms with van der Waals surface area (Å²) in [4.78, 5) is 0. The first kappa shape index (κ1) is 12.1. The van der Waals surface area contributed by atoms with Crippen molar-refractivity contribution >= 4 is 0 Å². The normalized spacial score (nSPS) is 25.9. The fourth-order valence-corrected chi connectivity index (χ4v) is 3.03. The molecule has 0 bridgehead atoms. The molecule has 2 saturated carbocycles. The SMILES string of the molecule is NC1(c2ccccc2C2CC2)CCC(F)(F)CC1. The average Bonchev–Trinajstić information content (AvgIpc) is 3.18. The van der Waals surface area contributed by atoms with Crippen molar-refractivity contribution in [2.75, 3.05) is 0 Å². The first-order valence-corrected chi connectivity index (χ1v) is 6.76. The second-order valence-corrected chi connectivity index (χ2v) is 5.87. The van der Waals surface area contributed by atoms with Crippen LogP contribution in [0.3, 0.4) is 0 Å². The zero-order valence-electron chi connectivity index (χ0n) is 10.5. The lowest BCUT2D eigenvalue weighted by atomic mass is 9.74. The van der Waals surface area contributed by atoms with Crippen molar-refractivity contribution < 1.29 is 8.78 Å². The maximum absolute atomic E-state index is 13.3. The van der Waals surface area contributed by atoms with Crippen LogP contribution in [0.5, 0.6) is 0 Å². The van der Waals surface area contributed by atoms with Crippen molar-refractivity contribution in [3.8, 4) is 0 Å². The molecule has 2 aliphatic rings. The van der Waals surface area contributed by atoms with E-state index in [9.17, 15) is 8.78 Å². The lowest BCUT2D eigenvalue weighted by Gasteiger charge is -2.38. The Hall–Kier alpha value is -0.960. The van der Waals surface area contributed by atoms with Gasteiger partial charge in [0.1, 0.15) is 0 Å². The van der Waals surface area contributed by atoms with Crippen molar-refractivity contribution in [2.45, 2.75) is 55.9 Å². The Bertz CT molecular complexity index is 442. The van der Waals surface area contributed by atoms with Crippen LogP contribution in [0.2, 0.25) is 0 Å². The molecule has 0 saturated heterocycles. The molecule has 0 spiro atoms. The summed E-state index contributed by atoms with van der Waals surface area (Å²) in [7, 11) is 0. The summed E-state index contributed by atoms with van der Waals surface area (Å²) < 4.78 is 26.6. The summed E-state index contributed by atoms with van der Waals surface area (Å²) in [6.45, 7) is 0. The highest BCUT2D eigenvalue weighted by atomic mass is 19.3. The topological polar surface area (TPSA) is 26.0 Å². The van der Waals surface area contributed by atoms with Crippen molar-refractivity contribution in [1.29, 1.82) is 0 Å². The third-order valence-corrected chi connectivity index (χ3v) is 4.39. The van der Waals surface area contributed by atoms with Gasteiger partial charge in [-0.05, 0) is 42.7 Å². The molecule has 3 heteroatoms. The number of alkyl halides is 2. The van der Waals surface area contributed by atoms with Gasteiger partial charge in [0.25, 0.3) is 0 Å². The van der Waals surface area contributed by atoms with Crippen LogP contribution >= 0.6 is 0 Å². The fraction of sp³-hybridized carbons (Fsp3) is 0.600. The van der Waals surface area contributed by atoms with E-state index >= 15 is 0 Å². The predicted molar refractivity (Wildman–Crippen MR) is 67.7 cm³/mol. The van der Waals surface area contributed by atoms with Crippen molar-refractivity contribution in [3.05, 3.63) is 35.4 Å². The zero-order chi connectivity index (χ0) is 12.8. The van der Waals surface area contributed by atoms with E-state index in [1.807, 2.05) is 18.2 Å². The summed E-state index contributed by atoms with van der Waals surface area (Å²) in [5.41, 5.74) is 8.30. The van der Waals surface area contributed by atoms with Gasteiger partial charge < -0.3 is 5.73 Å². The lowest BCUT2D eigenvalue weighted by Crippen LogP contribution is -2.44. The largest absolute Gasteiger partial charge is 0.321 e. The first-order valence-electron chi connectivity index (χ1n) is 6.76. The summed E-state index contributed by atoms with van der Waals surface area (Å²) in [6, 6.07) is 8.16. The lowest BCUT2D eigenvalue weighted by molar-refractivity contribution is -0.0515. The van der Waals surface area contributed by atoms with Gasteiger partial charge in [0.05, 0.1) is 0 Å². The maximum Gasteiger partial charge on any atom is 0.248 e. The molecule has 3 rings (SSSR count). The van der Waals surface area contributed by atoms with Crippen LogP contribution in [-0.2, 0) is 5.54 Å². The van der Waals surface area contributed by atoms with E-state index in [0.717, 1.165) is 5.56 Å². The van der Waals surface area contributed by atoms with Gasteiger partial charge in [-0.1, -0.05) is 24.3 Å². The Kier molecular flexibility index (Phi) is 2.70. The molecule has 1 aromatic carbocycles. The van der Waals surface area contributed by atoms with Crippen molar-refractivity contribution in [1.82, 2.24) is 0 Å². The Morgan fingerprint density at radius 3 is 2.22 bits per heavy atom. The molecule has 2 aliphatic carbocycles. The molecule has 0 aromatic heterocycles. The molecule has 0 heterocycles. The van der Waals surface area contributed by atoms with Gasteiger partial charge >= 0.3 is 0 Å². The molecule has 98 valence electrons. The highest BCUT2D eigenvalue weighted by Crippen LogP contribution is 2.48. The molecule has 1 nitrogen and oxygen atoms in total. The molecule has 2 N–H and O–H groups in total. The first-order chi connectivity index (χ1) is 8.50. The predicted octanol–water partition coefficient (Wildman–Crippen LogP) is 3.93. The molecule has 0 amide bonds. The summed E-state index contributed by atoms with van der Waals surface area (Å²) in [5, 5.41) is 0. The van der Waals surface area contributed by atoms with Crippen molar-refractivity contribution in [3.63, 3.8) is 0 Å². The van der Waals surface area contributed by atoms with E-state index in [1.54, 1.807) is 0 Å². The average molecular weight is 251 g/mol. The minimum Gasteiger partial charge on any atom is -0.321 e. The Labute approximate surface area is 106 Å². The number of hydrogen-bond donors (Lipinski definition) is 1. The van der Waals surface area contributed by atoms with E-state index < -0.39 is 11.5 Å². The van der Waals surface area contributed by atoms with Gasteiger partial charge in [-0.25, -0.2) is 8.78 Å². The Balaban J connectivity index is 1.90. The van der Waals surface area contributed by atoms with E-state index in [0.29, 0.717) is 18.8 Å². The fourth-order valence-electron chi connectivity index (χ4n) is 3.03. The third-order valence-electron chi connectivity index (χ3n) is 4.39. The quantitative estimate of drug-likeness (QED) is 0.846. The zero-order valence-corrected chi connectivity index (χ0v) is 10.5. The number of hydrogen-bond acceptors (Lipinski definition) is 1. The molecule has 0 radical (unpaired) electrons. The van der Waals surface area contributed by atoms with Crippen LogP contribution in [0, 0.1) is 0 Å². The number of rotatable bonds is 2. The molecule has 18 heavy (non-hydrogen) atoms. The molecule has 1 aromatic rings. The Morgan fingerprint density at radius 1 is 1.00 bits per heavy atom. The van der Waals surface area contributed by atoms with Gasteiger partial charge in [-0.3, -0.25) is 0 Å². The summed E-state index contributed by atoms with van der Waals surface area (Å²) in [5.74, 6) is -1.90. The van der Waals surface area contributed by atoms with E-state index in [-0.39, 0.29) is 12.8 Å². The van der Waals surface area contributed by atoms with Gasteiger partial charge in [0.15, 0.2) is 0 Å². The van der Waals surface area contributed by atoms with Crippen LogP contribution in [0.1, 0.15) is 55.6 Å². The molecule has 0 aliphatic heterocycles. The minimum absolute atomic E-state index is 0.0809. The monoisotopic (exact) mass is 251 g/mol. The molecule has 2 fully saturated rings. The smallest absolute Gasteiger partial charge is 0.248 e. The molecular formula is C15H19F2N. The molecule has 0 unspecified atom stereocenters. The number of halogens is 2. The van der Waals surface area contributed by atoms with Crippen LogP contribution in [0.25, 0.3) is 0 Å². The van der Waals surface area contributed by atoms with Crippen LogP contribution in [-0.4, -0.2) is 5.92 Å². The van der Waals surface area contributed by atoms with E-state index in [2.05, 4.69) is 6.07 Å². The summed E-state index contributed by atoms with van der Waals surface area (Å²) >= 11 is 0. The van der Waals surface area contributed by atoms with Gasteiger partial charge in [-0.15, -0.1) is 0 Å². The maximum atomic E-state index is 13.3. The summed E-state index contributed by atoms with van der Waals surface area (Å²) in [6.07, 6.45) is 3.05. The number of nitrogens with two attached hydrogens (primary N) is 1. The second kappa shape index (κ2) is 4.02. The van der Waals surface area contributed by atoms with E-state index in [4.69, 9.17) is 5.73 Å². The van der Waals surface area contributed by atoms with Crippen molar-refractivity contribution in [2.24, 2.45) is 5.73 Å². The third kappa shape index (κ3) is 2.16. The van der Waals surface area contributed by atoms with Crippen LogP contribution < -0.4 is 5.73 Å². The standard InChI is InChI=1S/C15H19F2N/c16-15(17)9-7-14(18,8-10-15)13-4-2-1-3-12(13)11-5-6-11/h1-4,11H,5-10,18H2.